The van der Waals surface area contributed by atoms with E-state index in [4.69, 9.17) is 0 Å². The molecule has 0 saturated carbocycles. The Kier molecular flexibility index (Phi) is 4.20. The van der Waals surface area contributed by atoms with E-state index in [1.165, 1.54) is 12.1 Å². The van der Waals surface area contributed by atoms with Crippen LogP contribution in [0.5, 0.6) is 0 Å². The van der Waals surface area contributed by atoms with E-state index in [9.17, 15) is 9.18 Å². The van der Waals surface area contributed by atoms with Crippen molar-refractivity contribution >= 4 is 37.8 Å². The molecular weight excluding hydrogens is 353 g/mol. The fraction of sp³-hybridized carbons (Fsp3) is 0.417. The zero-order valence-electron chi connectivity index (χ0n) is 9.13. The van der Waals surface area contributed by atoms with Crippen molar-refractivity contribution in [1.29, 1.82) is 0 Å². The average molecular weight is 365 g/mol. The molecule has 0 N–H and O–H groups in total. The van der Waals surface area contributed by atoms with E-state index in [0.29, 0.717) is 10.0 Å². The Morgan fingerprint density at radius 1 is 1.53 bits per heavy atom. The number of hydrogen-bond donors (Lipinski definition) is 0. The summed E-state index contributed by atoms with van der Waals surface area (Å²) in [4.78, 5) is 14.1. The number of halogens is 3. The molecule has 1 fully saturated rings. The zero-order valence-corrected chi connectivity index (χ0v) is 12.3. The summed E-state index contributed by atoms with van der Waals surface area (Å²) in [6, 6.07) is 4.65. The predicted molar refractivity (Wildman–Crippen MR) is 72.0 cm³/mol. The highest BCUT2D eigenvalue weighted by Crippen LogP contribution is 2.23. The van der Waals surface area contributed by atoms with Crippen LogP contribution in [0, 0.1) is 5.82 Å². The highest BCUT2D eigenvalue weighted by molar-refractivity contribution is 9.10. The predicted octanol–water partition coefficient (Wildman–Crippen LogP) is 3.59. The van der Waals surface area contributed by atoms with Crippen LogP contribution in [0.15, 0.2) is 22.7 Å². The molecule has 1 atom stereocenters. The molecule has 5 heteroatoms. The lowest BCUT2D eigenvalue weighted by molar-refractivity contribution is 0.0750. The van der Waals surface area contributed by atoms with Crippen LogP contribution < -0.4 is 0 Å². The monoisotopic (exact) mass is 363 g/mol. The molecule has 1 aromatic carbocycles. The van der Waals surface area contributed by atoms with E-state index < -0.39 is 0 Å². The van der Waals surface area contributed by atoms with Crippen LogP contribution in [-0.4, -0.2) is 28.7 Å². The minimum atomic E-state index is -0.347. The van der Waals surface area contributed by atoms with Crippen LogP contribution in [0.3, 0.4) is 0 Å². The van der Waals surface area contributed by atoms with Gasteiger partial charge in [0.1, 0.15) is 5.82 Å². The topological polar surface area (TPSA) is 20.3 Å². The Hall–Kier alpha value is -0.420. The molecule has 17 heavy (non-hydrogen) atoms. The molecule has 92 valence electrons. The number of carbonyl (C=O) groups is 1. The third-order valence-corrected chi connectivity index (χ3v) is 4.34. The lowest BCUT2D eigenvalue weighted by Gasteiger charge is -2.23. The van der Waals surface area contributed by atoms with Crippen LogP contribution >= 0.6 is 31.9 Å². The smallest absolute Gasteiger partial charge is 0.254 e. The Bertz CT molecular complexity index is 439. The van der Waals surface area contributed by atoms with E-state index in [1.807, 2.05) is 4.90 Å². The van der Waals surface area contributed by atoms with Gasteiger partial charge in [-0.25, -0.2) is 4.39 Å². The van der Waals surface area contributed by atoms with Gasteiger partial charge in [-0.2, -0.15) is 0 Å². The molecule has 1 amide bonds. The first-order valence-electron chi connectivity index (χ1n) is 5.45. The summed E-state index contributed by atoms with van der Waals surface area (Å²) >= 11 is 6.52. The maximum absolute atomic E-state index is 13.1. The Labute approximate surface area is 116 Å². The van der Waals surface area contributed by atoms with Gasteiger partial charge < -0.3 is 4.90 Å². The number of likely N-dealkylation sites (tertiary alicyclic amines) is 1. The highest BCUT2D eigenvalue weighted by atomic mass is 79.9. The van der Waals surface area contributed by atoms with Gasteiger partial charge in [-0.05, 0) is 47.0 Å². The molecule has 1 saturated heterocycles. The maximum Gasteiger partial charge on any atom is 0.254 e. The first-order chi connectivity index (χ1) is 8.13. The second kappa shape index (κ2) is 5.48. The van der Waals surface area contributed by atoms with Crippen molar-refractivity contribution in [2.24, 2.45) is 0 Å². The van der Waals surface area contributed by atoms with Crippen LogP contribution in [-0.2, 0) is 0 Å². The fourth-order valence-corrected chi connectivity index (χ4v) is 3.11. The molecule has 2 rings (SSSR count). The number of alkyl halides is 1. The maximum atomic E-state index is 13.1. The quantitative estimate of drug-likeness (QED) is 0.734. The number of nitrogens with zero attached hydrogens (tertiary/aromatic N) is 1. The van der Waals surface area contributed by atoms with Crippen molar-refractivity contribution in [3.05, 3.63) is 34.1 Å². The second-order valence-corrected chi connectivity index (χ2v) is 5.58. The molecule has 0 radical (unpaired) electrons. The first-order valence-corrected chi connectivity index (χ1v) is 7.37. The van der Waals surface area contributed by atoms with Crippen LogP contribution in [0.25, 0.3) is 0 Å². The fourth-order valence-electron chi connectivity index (χ4n) is 2.06. The average Bonchev–Trinajstić information content (AvgIpc) is 2.80. The van der Waals surface area contributed by atoms with E-state index in [0.717, 1.165) is 24.7 Å². The Morgan fingerprint density at radius 3 is 2.94 bits per heavy atom. The molecule has 0 bridgehead atoms. The molecule has 0 spiro atoms. The molecule has 1 aromatic rings. The number of benzene rings is 1. The van der Waals surface area contributed by atoms with E-state index in [2.05, 4.69) is 31.9 Å². The van der Waals surface area contributed by atoms with Gasteiger partial charge in [0.25, 0.3) is 5.91 Å². The second-order valence-electron chi connectivity index (χ2n) is 4.08. The van der Waals surface area contributed by atoms with Crippen molar-refractivity contribution in [1.82, 2.24) is 4.90 Å². The van der Waals surface area contributed by atoms with Gasteiger partial charge in [-0.3, -0.25) is 4.79 Å². The van der Waals surface area contributed by atoms with Gasteiger partial charge in [0, 0.05) is 23.5 Å². The molecule has 0 aliphatic carbocycles. The summed E-state index contributed by atoms with van der Waals surface area (Å²) in [6.45, 7) is 0.782. The van der Waals surface area contributed by atoms with Gasteiger partial charge in [0.15, 0.2) is 0 Å². The summed E-state index contributed by atoms with van der Waals surface area (Å²) in [5, 5.41) is 0.793. The van der Waals surface area contributed by atoms with E-state index in [-0.39, 0.29) is 17.8 Å². The van der Waals surface area contributed by atoms with Crippen LogP contribution in [0.1, 0.15) is 23.2 Å². The normalized spacial score (nSPS) is 19.7. The zero-order chi connectivity index (χ0) is 12.4. The molecular formula is C12H12Br2FNO. The largest absolute Gasteiger partial charge is 0.335 e. The van der Waals surface area contributed by atoms with Crippen molar-refractivity contribution in [2.45, 2.75) is 18.9 Å². The molecule has 2 nitrogen and oxygen atoms in total. The molecule has 1 heterocycles. The SMILES string of the molecule is O=C(c1ccc(F)c(Br)c1)N1CCCC1CBr. The molecule has 1 aliphatic heterocycles. The number of carbonyl (C=O) groups excluding carboxylic acids is 1. The van der Waals surface area contributed by atoms with Crippen molar-refractivity contribution in [3.8, 4) is 0 Å². The summed E-state index contributed by atoms with van der Waals surface area (Å²) in [5.74, 6) is -0.368. The Balaban J connectivity index is 2.21. The highest BCUT2D eigenvalue weighted by Gasteiger charge is 2.28. The number of amides is 1. The Morgan fingerprint density at radius 2 is 2.29 bits per heavy atom. The first kappa shape index (κ1) is 13.0. The van der Waals surface area contributed by atoms with E-state index >= 15 is 0 Å². The van der Waals surface area contributed by atoms with Gasteiger partial charge in [0.05, 0.1) is 4.47 Å². The summed E-state index contributed by atoms with van der Waals surface area (Å²) in [7, 11) is 0. The van der Waals surface area contributed by atoms with Crippen LogP contribution in [0.2, 0.25) is 0 Å². The lowest BCUT2D eigenvalue weighted by Crippen LogP contribution is -2.36. The van der Waals surface area contributed by atoms with Gasteiger partial charge >= 0.3 is 0 Å². The van der Waals surface area contributed by atoms with Crippen LogP contribution in [0.4, 0.5) is 4.39 Å². The minimum absolute atomic E-state index is 0.0207. The van der Waals surface area contributed by atoms with Gasteiger partial charge in [0.2, 0.25) is 0 Å². The van der Waals surface area contributed by atoms with Crippen molar-refractivity contribution < 1.29 is 9.18 Å². The number of hydrogen-bond acceptors (Lipinski definition) is 1. The van der Waals surface area contributed by atoms with E-state index in [1.54, 1.807) is 6.07 Å². The number of rotatable bonds is 2. The molecule has 0 aromatic heterocycles. The third-order valence-electron chi connectivity index (χ3n) is 2.98. The third kappa shape index (κ3) is 2.71. The summed E-state index contributed by atoms with van der Waals surface area (Å²) in [6.07, 6.45) is 2.06. The van der Waals surface area contributed by atoms with Crippen molar-refractivity contribution in [3.63, 3.8) is 0 Å². The van der Waals surface area contributed by atoms with Gasteiger partial charge in [-0.15, -0.1) is 0 Å². The standard InChI is InChI=1S/C12H12Br2FNO/c13-7-9-2-1-5-16(9)12(17)8-3-4-11(15)10(14)6-8/h3-4,6,9H,1-2,5,7H2. The van der Waals surface area contributed by atoms with Gasteiger partial charge in [-0.1, -0.05) is 15.9 Å². The minimum Gasteiger partial charge on any atom is -0.335 e. The summed E-state index contributed by atoms with van der Waals surface area (Å²) in [5.41, 5.74) is 0.533. The lowest BCUT2D eigenvalue weighted by atomic mass is 10.2. The summed E-state index contributed by atoms with van der Waals surface area (Å²) < 4.78 is 13.4. The molecule has 1 aliphatic rings. The molecule has 1 unspecified atom stereocenters. The van der Waals surface area contributed by atoms with Crippen molar-refractivity contribution in [2.75, 3.05) is 11.9 Å².